The number of carboxylic acid groups (broad SMARTS) is 4. The summed E-state index contributed by atoms with van der Waals surface area (Å²) in [6, 6.07) is -1.10. The summed E-state index contributed by atoms with van der Waals surface area (Å²) in [7, 11) is 0. The first-order valence-corrected chi connectivity index (χ1v) is 9.46. The zero-order valence-corrected chi connectivity index (χ0v) is 16.6. The number of carboxylic acids is 4. The summed E-state index contributed by atoms with van der Waals surface area (Å²) in [6.45, 7) is -1.84. The lowest BCUT2D eigenvalue weighted by Gasteiger charge is -2.37. The van der Waals surface area contributed by atoms with Gasteiger partial charge in [-0.1, -0.05) is 0 Å². The summed E-state index contributed by atoms with van der Waals surface area (Å²) < 4.78 is 0. The number of isothiocyanates is 1. The van der Waals surface area contributed by atoms with Gasteiger partial charge in [0.2, 0.25) is 0 Å². The van der Waals surface area contributed by atoms with Crippen molar-refractivity contribution in [3.63, 3.8) is 0 Å². The maximum Gasteiger partial charge on any atom is 0.321 e. The van der Waals surface area contributed by atoms with Gasteiger partial charge in [0.15, 0.2) is 0 Å². The fourth-order valence-corrected chi connectivity index (χ4v) is 3.78. The Morgan fingerprint density at radius 2 is 1.41 bits per heavy atom. The molecule has 0 amide bonds. The van der Waals surface area contributed by atoms with Crippen LogP contribution in [-0.4, -0.2) is 104 Å². The Bertz CT molecular complexity index is 643. The number of aliphatic carboxylic acids is 4. The third-order valence-electron chi connectivity index (χ3n) is 4.83. The number of rotatable bonds is 13. The zero-order chi connectivity index (χ0) is 22.0. The van der Waals surface area contributed by atoms with Crippen LogP contribution in [0, 0.1) is 5.92 Å². The molecule has 0 aromatic carbocycles. The molecule has 0 radical (unpaired) electrons. The van der Waals surface area contributed by atoms with Crippen molar-refractivity contribution in [2.45, 2.75) is 37.8 Å². The van der Waals surface area contributed by atoms with E-state index in [1.807, 2.05) is 0 Å². The minimum Gasteiger partial charge on any atom is -0.480 e. The molecule has 12 heteroatoms. The molecule has 0 bridgehead atoms. The molecule has 0 saturated heterocycles. The highest BCUT2D eigenvalue weighted by molar-refractivity contribution is 7.78. The Labute approximate surface area is 172 Å². The second kappa shape index (κ2) is 12.2. The fourth-order valence-electron chi connectivity index (χ4n) is 3.63. The lowest BCUT2D eigenvalue weighted by Crippen LogP contribution is -2.52. The fraction of sp³-hybridized carbons (Fsp3) is 0.706. The van der Waals surface area contributed by atoms with Crippen molar-refractivity contribution in [2.75, 3.05) is 32.7 Å². The molecule has 1 aliphatic rings. The maximum absolute atomic E-state index is 11.9. The van der Waals surface area contributed by atoms with Gasteiger partial charge in [-0.15, -0.1) is 0 Å². The maximum atomic E-state index is 11.9. The van der Waals surface area contributed by atoms with Gasteiger partial charge in [-0.3, -0.25) is 29.0 Å². The molecule has 29 heavy (non-hydrogen) atoms. The summed E-state index contributed by atoms with van der Waals surface area (Å²) in [4.78, 5) is 51.5. The van der Waals surface area contributed by atoms with Crippen molar-refractivity contribution >= 4 is 41.3 Å². The normalized spacial score (nSPS) is 20.1. The van der Waals surface area contributed by atoms with Crippen LogP contribution in [0.1, 0.15) is 25.7 Å². The monoisotopic (exact) mass is 431 g/mol. The van der Waals surface area contributed by atoms with Gasteiger partial charge in [0, 0.05) is 13.1 Å². The summed E-state index contributed by atoms with van der Waals surface area (Å²) >= 11 is 4.59. The van der Waals surface area contributed by atoms with E-state index in [9.17, 15) is 29.4 Å². The minimum atomic E-state index is -1.23. The Kier molecular flexibility index (Phi) is 10.4. The summed E-state index contributed by atoms with van der Waals surface area (Å²) in [5, 5.41) is 39.1. The Hall–Kier alpha value is -2.40. The summed E-state index contributed by atoms with van der Waals surface area (Å²) in [5.41, 5.74) is 0. The van der Waals surface area contributed by atoms with E-state index in [0.29, 0.717) is 25.7 Å². The van der Waals surface area contributed by atoms with Crippen LogP contribution in [-0.2, 0) is 19.2 Å². The van der Waals surface area contributed by atoms with Crippen LogP contribution in [0.2, 0.25) is 0 Å². The second-order valence-electron chi connectivity index (χ2n) is 6.93. The molecular weight excluding hydrogens is 406 g/mol. The van der Waals surface area contributed by atoms with Gasteiger partial charge >= 0.3 is 23.9 Å². The van der Waals surface area contributed by atoms with Gasteiger partial charge in [0.25, 0.3) is 0 Å². The van der Waals surface area contributed by atoms with Crippen molar-refractivity contribution in [3.8, 4) is 0 Å². The average molecular weight is 431 g/mol. The van der Waals surface area contributed by atoms with Gasteiger partial charge in [-0.25, -0.2) is 4.99 Å². The number of hydrogen-bond donors (Lipinski definition) is 4. The largest absolute Gasteiger partial charge is 0.480 e. The van der Waals surface area contributed by atoms with Gasteiger partial charge in [0.1, 0.15) is 6.04 Å². The highest BCUT2D eigenvalue weighted by Gasteiger charge is 2.37. The third kappa shape index (κ3) is 9.09. The van der Waals surface area contributed by atoms with Crippen LogP contribution < -0.4 is 0 Å². The first kappa shape index (κ1) is 24.6. The molecule has 0 aromatic rings. The first-order chi connectivity index (χ1) is 13.6. The number of carbonyl (C=O) groups is 4. The molecular formula is C17H25N3O8S. The van der Waals surface area contributed by atoms with Crippen LogP contribution >= 0.6 is 12.2 Å². The van der Waals surface area contributed by atoms with Crippen molar-refractivity contribution in [1.29, 1.82) is 0 Å². The molecule has 162 valence electrons. The van der Waals surface area contributed by atoms with Crippen LogP contribution in [0.5, 0.6) is 0 Å². The second-order valence-corrected chi connectivity index (χ2v) is 7.12. The standard InChI is InChI=1S/C17H25N3O8S/c21-13(22)7-19(8-14(23)24)5-6-20(9-15(25)26)16(17(27)28)11-1-3-12(4-2-11)18-10-29/h11-12,16H,1-9H2,(H,21,22)(H,23,24)(H,25,26)(H,27,28). The van der Waals surface area contributed by atoms with E-state index in [1.165, 1.54) is 4.90 Å². The Morgan fingerprint density at radius 1 is 0.897 bits per heavy atom. The quantitative estimate of drug-likeness (QED) is 0.228. The van der Waals surface area contributed by atoms with E-state index in [4.69, 9.17) is 10.2 Å². The highest BCUT2D eigenvalue weighted by Crippen LogP contribution is 2.31. The van der Waals surface area contributed by atoms with E-state index in [0.717, 1.165) is 4.90 Å². The number of nitrogens with zero attached hydrogens (tertiary/aromatic N) is 3. The molecule has 1 saturated carbocycles. The predicted molar refractivity (Wildman–Crippen MR) is 103 cm³/mol. The third-order valence-corrected chi connectivity index (χ3v) is 4.93. The highest BCUT2D eigenvalue weighted by atomic mass is 32.1. The number of aliphatic imine (C=N–C) groups is 1. The number of hydrogen-bond acceptors (Lipinski definition) is 8. The average Bonchev–Trinajstić information content (AvgIpc) is 2.59. The predicted octanol–water partition coefficient (Wildman–Crippen LogP) is -0.0410. The van der Waals surface area contributed by atoms with Crippen LogP contribution in [0.15, 0.2) is 4.99 Å². The topological polar surface area (TPSA) is 168 Å². The molecule has 1 aliphatic carbocycles. The SMILES string of the molecule is O=C(O)CN(CCN(CC(=O)O)C(C(=O)O)C1CCC(N=C=S)CC1)CC(=O)O. The van der Waals surface area contributed by atoms with Crippen LogP contribution in [0.25, 0.3) is 0 Å². The number of thiocarbonyl (C=S) groups is 1. The van der Waals surface area contributed by atoms with Gasteiger partial charge in [0.05, 0.1) is 30.8 Å². The Morgan fingerprint density at radius 3 is 1.83 bits per heavy atom. The molecule has 0 heterocycles. The minimum absolute atomic E-state index is 0.0206. The van der Waals surface area contributed by atoms with Crippen LogP contribution in [0.3, 0.4) is 0 Å². The molecule has 0 aromatic heterocycles. The lowest BCUT2D eigenvalue weighted by molar-refractivity contribution is -0.150. The van der Waals surface area contributed by atoms with Crippen molar-refractivity contribution in [3.05, 3.63) is 0 Å². The molecule has 0 aliphatic heterocycles. The van der Waals surface area contributed by atoms with E-state index in [2.05, 4.69) is 22.4 Å². The Balaban J connectivity index is 2.91. The van der Waals surface area contributed by atoms with E-state index < -0.39 is 49.6 Å². The van der Waals surface area contributed by atoms with E-state index in [1.54, 1.807) is 0 Å². The molecule has 1 rings (SSSR count). The smallest absolute Gasteiger partial charge is 0.321 e. The molecule has 11 nitrogen and oxygen atoms in total. The lowest BCUT2D eigenvalue weighted by atomic mass is 9.81. The van der Waals surface area contributed by atoms with Gasteiger partial charge in [-0.2, -0.15) is 0 Å². The summed E-state index contributed by atoms with van der Waals surface area (Å²) in [5.74, 6) is -5.17. The van der Waals surface area contributed by atoms with Gasteiger partial charge < -0.3 is 20.4 Å². The molecule has 0 spiro atoms. The van der Waals surface area contributed by atoms with Gasteiger partial charge in [-0.05, 0) is 43.8 Å². The van der Waals surface area contributed by atoms with E-state index in [-0.39, 0.29) is 25.0 Å². The molecule has 4 N–H and O–H groups in total. The molecule has 1 fully saturated rings. The van der Waals surface area contributed by atoms with Crippen molar-refractivity contribution in [1.82, 2.24) is 9.80 Å². The van der Waals surface area contributed by atoms with Crippen LogP contribution in [0.4, 0.5) is 0 Å². The zero-order valence-electron chi connectivity index (χ0n) is 15.8. The van der Waals surface area contributed by atoms with Crippen molar-refractivity contribution < 1.29 is 39.6 Å². The molecule has 1 unspecified atom stereocenters. The molecule has 1 atom stereocenters. The summed E-state index contributed by atoms with van der Waals surface area (Å²) in [6.07, 6.45) is 2.27. The van der Waals surface area contributed by atoms with E-state index >= 15 is 0 Å². The van der Waals surface area contributed by atoms with Crippen molar-refractivity contribution in [2.24, 2.45) is 10.9 Å². The first-order valence-electron chi connectivity index (χ1n) is 9.05.